The van der Waals surface area contributed by atoms with Gasteiger partial charge in [-0.25, -0.2) is 9.18 Å². The zero-order valence-electron chi connectivity index (χ0n) is 17.1. The molecule has 8 heteroatoms. The van der Waals surface area contributed by atoms with Gasteiger partial charge < -0.3 is 5.32 Å². The van der Waals surface area contributed by atoms with Gasteiger partial charge in [-0.1, -0.05) is 50.2 Å². The lowest BCUT2D eigenvalue weighted by atomic mass is 10.2. The first-order valence-electron chi connectivity index (χ1n) is 9.60. The molecule has 0 unspecified atom stereocenters. The summed E-state index contributed by atoms with van der Waals surface area (Å²) in [4.78, 5) is 38.6. The summed E-state index contributed by atoms with van der Waals surface area (Å²) in [7, 11) is 0. The van der Waals surface area contributed by atoms with Crippen LogP contribution >= 0.6 is 0 Å². The van der Waals surface area contributed by atoms with Gasteiger partial charge in [0.25, 0.3) is 11.5 Å². The molecule has 156 valence electrons. The normalized spacial score (nSPS) is 11.0. The molecule has 1 heterocycles. The Morgan fingerprint density at radius 2 is 1.83 bits per heavy atom. The van der Waals surface area contributed by atoms with Crippen LogP contribution in [-0.2, 0) is 6.54 Å². The smallest absolute Gasteiger partial charge is 0.350 e. The largest absolute Gasteiger partial charge is 0.352 e. The standard InChI is InChI=1S/C22H23FN4O3/c1-14(2)12-24-20(28)19-21(29)26(13-16-7-5-4-6-8-16)22(30)27(25-19)17-10-9-15(3)18(23)11-17/h4-11,14H,12-13H2,1-3H3,(H,24,28). The molecule has 0 aliphatic rings. The van der Waals surface area contributed by atoms with Gasteiger partial charge >= 0.3 is 5.69 Å². The van der Waals surface area contributed by atoms with Crippen LogP contribution in [0, 0.1) is 18.7 Å². The number of benzene rings is 2. The van der Waals surface area contributed by atoms with E-state index in [0.29, 0.717) is 17.7 Å². The van der Waals surface area contributed by atoms with Crippen molar-refractivity contribution in [3.8, 4) is 5.69 Å². The van der Waals surface area contributed by atoms with E-state index in [2.05, 4.69) is 10.4 Å². The third-order valence-electron chi connectivity index (χ3n) is 4.53. The van der Waals surface area contributed by atoms with Crippen LogP contribution in [0.25, 0.3) is 5.69 Å². The number of amides is 1. The quantitative estimate of drug-likeness (QED) is 0.676. The van der Waals surface area contributed by atoms with Crippen LogP contribution in [0.4, 0.5) is 4.39 Å². The second-order valence-corrected chi connectivity index (χ2v) is 7.46. The van der Waals surface area contributed by atoms with Crippen molar-refractivity contribution in [2.75, 3.05) is 6.54 Å². The molecule has 3 rings (SSSR count). The van der Waals surface area contributed by atoms with Gasteiger partial charge in [-0.2, -0.15) is 9.78 Å². The Morgan fingerprint density at radius 1 is 1.13 bits per heavy atom. The van der Waals surface area contributed by atoms with Crippen molar-refractivity contribution < 1.29 is 9.18 Å². The Hall–Kier alpha value is -3.55. The van der Waals surface area contributed by atoms with Crippen molar-refractivity contribution in [1.82, 2.24) is 19.7 Å². The minimum absolute atomic E-state index is 0.0418. The molecule has 1 N–H and O–H groups in total. The van der Waals surface area contributed by atoms with E-state index in [1.165, 1.54) is 12.1 Å². The molecule has 0 fully saturated rings. The maximum atomic E-state index is 14.1. The van der Waals surface area contributed by atoms with Gasteiger partial charge in [-0.3, -0.25) is 14.2 Å². The summed E-state index contributed by atoms with van der Waals surface area (Å²) in [5, 5.41) is 6.63. The number of hydrogen-bond acceptors (Lipinski definition) is 4. The van der Waals surface area contributed by atoms with Gasteiger partial charge in [0.15, 0.2) is 0 Å². The summed E-state index contributed by atoms with van der Waals surface area (Å²) in [5.74, 6) is -1.04. The predicted molar refractivity (Wildman–Crippen MR) is 112 cm³/mol. The third kappa shape index (κ3) is 4.53. The summed E-state index contributed by atoms with van der Waals surface area (Å²) >= 11 is 0. The number of nitrogens with one attached hydrogen (secondary N) is 1. The summed E-state index contributed by atoms with van der Waals surface area (Å²) < 4.78 is 15.9. The second-order valence-electron chi connectivity index (χ2n) is 7.46. The number of rotatable bonds is 6. The fourth-order valence-corrected chi connectivity index (χ4v) is 2.82. The highest BCUT2D eigenvalue weighted by molar-refractivity contribution is 5.91. The fraction of sp³-hybridized carbons (Fsp3) is 0.273. The van der Waals surface area contributed by atoms with Crippen LogP contribution in [0.2, 0.25) is 0 Å². The van der Waals surface area contributed by atoms with Gasteiger partial charge in [0.05, 0.1) is 12.2 Å². The molecule has 1 aromatic heterocycles. The molecule has 2 aromatic carbocycles. The van der Waals surface area contributed by atoms with E-state index in [1.807, 2.05) is 19.9 Å². The summed E-state index contributed by atoms with van der Waals surface area (Å²) in [6.45, 7) is 5.72. The number of aryl methyl sites for hydroxylation is 1. The van der Waals surface area contributed by atoms with Crippen LogP contribution in [0.5, 0.6) is 0 Å². The Bertz CT molecular complexity index is 1180. The van der Waals surface area contributed by atoms with E-state index in [9.17, 15) is 18.8 Å². The highest BCUT2D eigenvalue weighted by Gasteiger charge is 2.21. The van der Waals surface area contributed by atoms with E-state index in [-0.39, 0.29) is 18.2 Å². The van der Waals surface area contributed by atoms with E-state index >= 15 is 0 Å². The molecule has 0 saturated carbocycles. The van der Waals surface area contributed by atoms with Gasteiger partial charge in [0.2, 0.25) is 5.69 Å². The van der Waals surface area contributed by atoms with Gasteiger partial charge in [0.1, 0.15) is 5.82 Å². The Balaban J connectivity index is 2.18. The van der Waals surface area contributed by atoms with Crippen molar-refractivity contribution in [1.29, 1.82) is 0 Å². The number of nitrogens with zero attached hydrogens (tertiary/aromatic N) is 3. The highest BCUT2D eigenvalue weighted by atomic mass is 19.1. The SMILES string of the molecule is Cc1ccc(-n2nc(C(=O)NCC(C)C)c(=O)n(Cc3ccccc3)c2=O)cc1F. The van der Waals surface area contributed by atoms with Gasteiger partial charge in [-0.15, -0.1) is 0 Å². The van der Waals surface area contributed by atoms with Crippen LogP contribution in [0.15, 0.2) is 58.1 Å². The zero-order chi connectivity index (χ0) is 21.8. The zero-order valence-corrected chi connectivity index (χ0v) is 17.1. The Labute approximate surface area is 172 Å². The first-order valence-corrected chi connectivity index (χ1v) is 9.60. The fourth-order valence-electron chi connectivity index (χ4n) is 2.82. The lowest BCUT2D eigenvalue weighted by molar-refractivity contribution is 0.0939. The monoisotopic (exact) mass is 410 g/mol. The Morgan fingerprint density at radius 3 is 2.47 bits per heavy atom. The number of aromatic nitrogens is 3. The Kier molecular flexibility index (Phi) is 6.25. The number of halogens is 1. The molecule has 0 radical (unpaired) electrons. The molecule has 0 spiro atoms. The first kappa shape index (κ1) is 21.2. The molecule has 0 atom stereocenters. The number of hydrogen-bond donors (Lipinski definition) is 1. The maximum Gasteiger partial charge on any atom is 0.352 e. The predicted octanol–water partition coefficient (Wildman–Crippen LogP) is 2.28. The lowest BCUT2D eigenvalue weighted by Gasteiger charge is -2.13. The topological polar surface area (TPSA) is 86.0 Å². The average molecular weight is 410 g/mol. The number of carbonyl (C=O) groups excluding carboxylic acids is 1. The molecule has 1 amide bonds. The van der Waals surface area contributed by atoms with Crippen molar-refractivity contribution in [3.05, 3.63) is 92.0 Å². The molecule has 3 aromatic rings. The first-order chi connectivity index (χ1) is 14.3. The van der Waals surface area contributed by atoms with Crippen molar-refractivity contribution >= 4 is 5.91 Å². The summed E-state index contributed by atoms with van der Waals surface area (Å²) in [6, 6.07) is 13.1. The molecule has 30 heavy (non-hydrogen) atoms. The van der Waals surface area contributed by atoms with Crippen molar-refractivity contribution in [2.24, 2.45) is 5.92 Å². The van der Waals surface area contributed by atoms with Gasteiger partial charge in [0, 0.05) is 12.6 Å². The maximum absolute atomic E-state index is 14.1. The van der Waals surface area contributed by atoms with Crippen molar-refractivity contribution in [3.63, 3.8) is 0 Å². The molecule has 0 aliphatic heterocycles. The van der Waals surface area contributed by atoms with Crippen LogP contribution in [0.1, 0.15) is 35.5 Å². The van der Waals surface area contributed by atoms with E-state index in [4.69, 9.17) is 0 Å². The lowest BCUT2D eigenvalue weighted by Crippen LogP contribution is -2.46. The van der Waals surface area contributed by atoms with Gasteiger partial charge in [-0.05, 0) is 30.0 Å². The number of carbonyl (C=O) groups is 1. The van der Waals surface area contributed by atoms with E-state index in [0.717, 1.165) is 15.3 Å². The molecule has 7 nitrogen and oxygen atoms in total. The van der Waals surface area contributed by atoms with Crippen LogP contribution in [-0.4, -0.2) is 26.8 Å². The molecular weight excluding hydrogens is 387 g/mol. The summed E-state index contributed by atoms with van der Waals surface area (Å²) in [6.07, 6.45) is 0. The molecule has 0 bridgehead atoms. The minimum Gasteiger partial charge on any atom is -0.350 e. The van der Waals surface area contributed by atoms with Crippen molar-refractivity contribution in [2.45, 2.75) is 27.3 Å². The highest BCUT2D eigenvalue weighted by Crippen LogP contribution is 2.11. The average Bonchev–Trinajstić information content (AvgIpc) is 2.72. The molecule has 0 saturated heterocycles. The van der Waals surface area contributed by atoms with Crippen LogP contribution in [0.3, 0.4) is 0 Å². The van der Waals surface area contributed by atoms with E-state index in [1.54, 1.807) is 31.2 Å². The third-order valence-corrected chi connectivity index (χ3v) is 4.53. The minimum atomic E-state index is -0.797. The van der Waals surface area contributed by atoms with Crippen LogP contribution < -0.4 is 16.6 Å². The molecular formula is C22H23FN4O3. The summed E-state index contributed by atoms with van der Waals surface area (Å²) in [5.41, 5.74) is -0.742. The molecule has 0 aliphatic carbocycles. The van der Waals surface area contributed by atoms with E-state index < -0.39 is 28.7 Å². The second kappa shape index (κ2) is 8.86.